The Morgan fingerprint density at radius 2 is 1.77 bits per heavy atom. The largest absolute Gasteiger partial charge is 0.347 e. The summed E-state index contributed by atoms with van der Waals surface area (Å²) in [6, 6.07) is 7.67. The Bertz CT molecular complexity index is 1170. The van der Waals surface area contributed by atoms with Gasteiger partial charge in [0.1, 0.15) is 10.3 Å². The Kier molecular flexibility index (Phi) is 6.95. The number of carbonyl (C=O) groups is 2. The third kappa shape index (κ3) is 5.57. The van der Waals surface area contributed by atoms with Crippen LogP contribution in [-0.4, -0.2) is 32.1 Å². The molecular weight excluding hydrogens is 529 g/mol. The zero-order chi connectivity index (χ0) is 22.9. The first kappa shape index (κ1) is 23.5. The predicted molar refractivity (Wildman–Crippen MR) is 126 cm³/mol. The van der Waals surface area contributed by atoms with Crippen LogP contribution in [0.4, 0.5) is 5.69 Å². The van der Waals surface area contributed by atoms with Crippen LogP contribution < -0.4 is 10.6 Å². The molecule has 0 aliphatic rings. The van der Waals surface area contributed by atoms with Gasteiger partial charge >= 0.3 is 0 Å². The maximum absolute atomic E-state index is 13.1. The van der Waals surface area contributed by atoms with Crippen LogP contribution >= 0.6 is 50.7 Å². The third-order valence-corrected chi connectivity index (χ3v) is 5.08. The number of hydrogen-bond donors (Lipinski definition) is 2. The van der Waals surface area contributed by atoms with Gasteiger partial charge in [-0.1, -0.05) is 34.8 Å². The fourth-order valence-electron chi connectivity index (χ4n) is 2.67. The van der Waals surface area contributed by atoms with Gasteiger partial charge in [0.2, 0.25) is 0 Å². The lowest BCUT2D eigenvalue weighted by molar-refractivity contribution is 0.0920. The monoisotopic (exact) mass is 543 g/mol. The van der Waals surface area contributed by atoms with Gasteiger partial charge < -0.3 is 10.6 Å². The number of carbonyl (C=O) groups excluding carboxylic acids is 2. The molecule has 2 amide bonds. The van der Waals surface area contributed by atoms with E-state index in [2.05, 4.69) is 36.6 Å². The molecule has 3 rings (SSSR count). The number of benzene rings is 1. The summed E-state index contributed by atoms with van der Waals surface area (Å²) >= 11 is 21.9. The lowest BCUT2D eigenvalue weighted by Crippen LogP contribution is -2.41. The standard InChI is InChI=1S/C20H17BrCl3N5O2/c1-20(2,3)27-18(30)11-7-10(22)8-13(24)16(11)26-19(31)14-9-15(21)28-29(14)17-12(23)5-4-6-25-17/h4-9H,1-3H3,(H,26,31)(H,27,30). The SMILES string of the molecule is CC(C)(C)NC(=O)c1cc(Cl)cc(Cl)c1NC(=O)c1cc(Br)nn1-c1ncccc1Cl. The quantitative estimate of drug-likeness (QED) is 0.436. The van der Waals surface area contributed by atoms with Crippen LogP contribution in [-0.2, 0) is 0 Å². The second-order valence-corrected chi connectivity index (χ2v) is 9.60. The van der Waals surface area contributed by atoms with Gasteiger partial charge in [-0.05, 0) is 61.0 Å². The van der Waals surface area contributed by atoms with Crippen molar-refractivity contribution in [2.75, 3.05) is 5.32 Å². The van der Waals surface area contributed by atoms with E-state index in [0.29, 0.717) is 9.63 Å². The minimum Gasteiger partial charge on any atom is -0.347 e. The molecule has 31 heavy (non-hydrogen) atoms. The maximum atomic E-state index is 13.1. The van der Waals surface area contributed by atoms with Gasteiger partial charge in [-0.15, -0.1) is 0 Å². The predicted octanol–water partition coefficient (Wildman–Crippen LogP) is 5.77. The fourth-order valence-corrected chi connectivity index (χ4v) is 3.79. The molecule has 3 aromatic rings. The Balaban J connectivity index is 2.02. The molecule has 7 nitrogen and oxygen atoms in total. The number of nitrogens with one attached hydrogen (secondary N) is 2. The summed E-state index contributed by atoms with van der Waals surface area (Å²) in [6.07, 6.45) is 1.53. The van der Waals surface area contributed by atoms with Gasteiger partial charge in [-0.2, -0.15) is 5.10 Å². The van der Waals surface area contributed by atoms with Gasteiger partial charge in [0.05, 0.1) is 21.3 Å². The normalized spacial score (nSPS) is 11.3. The summed E-state index contributed by atoms with van der Waals surface area (Å²) < 4.78 is 1.69. The number of pyridine rings is 1. The number of rotatable bonds is 4. The van der Waals surface area contributed by atoms with Crippen molar-refractivity contribution >= 4 is 68.2 Å². The maximum Gasteiger partial charge on any atom is 0.274 e. The third-order valence-electron chi connectivity index (χ3n) is 3.88. The number of nitrogens with zero attached hydrogens (tertiary/aromatic N) is 3. The Labute approximate surface area is 202 Å². The highest BCUT2D eigenvalue weighted by molar-refractivity contribution is 9.10. The molecule has 2 aromatic heterocycles. The minimum atomic E-state index is -0.575. The molecular formula is C20H17BrCl3N5O2. The van der Waals surface area contributed by atoms with Crippen LogP contribution in [0.5, 0.6) is 0 Å². The molecule has 0 bridgehead atoms. The summed E-state index contributed by atoms with van der Waals surface area (Å²) in [7, 11) is 0. The first-order valence-electron chi connectivity index (χ1n) is 8.95. The van der Waals surface area contributed by atoms with E-state index in [9.17, 15) is 9.59 Å². The van der Waals surface area contributed by atoms with E-state index in [0.717, 1.165) is 0 Å². The van der Waals surface area contributed by atoms with Gasteiger partial charge in [0.15, 0.2) is 5.82 Å². The summed E-state index contributed by atoms with van der Waals surface area (Å²) in [6.45, 7) is 5.51. The average molecular weight is 546 g/mol. The number of aromatic nitrogens is 3. The molecule has 0 atom stereocenters. The lowest BCUT2D eigenvalue weighted by Gasteiger charge is -2.22. The molecule has 0 aliphatic heterocycles. The summed E-state index contributed by atoms with van der Waals surface area (Å²) in [4.78, 5) is 30.1. The van der Waals surface area contributed by atoms with Crippen molar-refractivity contribution in [2.45, 2.75) is 26.3 Å². The fraction of sp³-hybridized carbons (Fsp3) is 0.200. The van der Waals surface area contributed by atoms with Crippen LogP contribution in [0.25, 0.3) is 5.82 Å². The van der Waals surface area contributed by atoms with Gasteiger partial charge in [-0.25, -0.2) is 9.67 Å². The summed E-state index contributed by atoms with van der Waals surface area (Å²) in [5.74, 6) is -0.739. The van der Waals surface area contributed by atoms with Crippen molar-refractivity contribution in [3.8, 4) is 5.82 Å². The van der Waals surface area contributed by atoms with E-state index >= 15 is 0 Å². The highest BCUT2D eigenvalue weighted by Crippen LogP contribution is 2.31. The Morgan fingerprint density at radius 3 is 2.42 bits per heavy atom. The van der Waals surface area contributed by atoms with Crippen LogP contribution in [0, 0.1) is 0 Å². The second kappa shape index (κ2) is 9.16. The molecule has 162 valence electrons. The Morgan fingerprint density at radius 1 is 1.06 bits per heavy atom. The summed E-state index contributed by atoms with van der Waals surface area (Å²) in [5, 5.41) is 10.4. The average Bonchev–Trinajstić information content (AvgIpc) is 3.04. The molecule has 0 fully saturated rings. The van der Waals surface area contributed by atoms with Crippen molar-refractivity contribution in [1.29, 1.82) is 0 Å². The van der Waals surface area contributed by atoms with Crippen LogP contribution in [0.1, 0.15) is 41.6 Å². The number of hydrogen-bond acceptors (Lipinski definition) is 4. The van der Waals surface area contributed by atoms with E-state index in [4.69, 9.17) is 34.8 Å². The number of anilines is 1. The van der Waals surface area contributed by atoms with Crippen molar-refractivity contribution in [2.24, 2.45) is 0 Å². The first-order chi connectivity index (χ1) is 14.5. The van der Waals surface area contributed by atoms with E-state index < -0.39 is 17.4 Å². The van der Waals surface area contributed by atoms with Crippen molar-refractivity contribution in [1.82, 2.24) is 20.1 Å². The van der Waals surface area contributed by atoms with E-state index in [1.54, 1.807) is 12.1 Å². The molecule has 0 saturated carbocycles. The van der Waals surface area contributed by atoms with Gasteiger partial charge in [-0.3, -0.25) is 9.59 Å². The molecule has 0 radical (unpaired) electrons. The van der Waals surface area contributed by atoms with E-state index in [1.807, 2.05) is 20.8 Å². The van der Waals surface area contributed by atoms with Crippen LogP contribution in [0.2, 0.25) is 15.1 Å². The second-order valence-electron chi connectivity index (χ2n) is 7.54. The molecule has 1 aromatic carbocycles. The molecule has 2 heterocycles. The van der Waals surface area contributed by atoms with Crippen LogP contribution in [0.3, 0.4) is 0 Å². The number of amides is 2. The van der Waals surface area contributed by atoms with Gasteiger partial charge in [0.25, 0.3) is 11.8 Å². The minimum absolute atomic E-state index is 0.112. The summed E-state index contributed by atoms with van der Waals surface area (Å²) in [5.41, 5.74) is -0.136. The van der Waals surface area contributed by atoms with Crippen molar-refractivity contribution in [3.05, 3.63) is 67.5 Å². The topological polar surface area (TPSA) is 88.9 Å². The molecule has 11 heteroatoms. The first-order valence-corrected chi connectivity index (χ1v) is 10.9. The molecule has 0 saturated heterocycles. The van der Waals surface area contributed by atoms with Crippen LogP contribution in [0.15, 0.2) is 41.1 Å². The highest BCUT2D eigenvalue weighted by atomic mass is 79.9. The zero-order valence-corrected chi connectivity index (χ0v) is 20.5. The van der Waals surface area contributed by atoms with Gasteiger partial charge in [0, 0.05) is 22.8 Å². The highest BCUT2D eigenvalue weighted by Gasteiger charge is 2.24. The Hall–Kier alpha value is -2.13. The molecule has 2 N–H and O–H groups in total. The molecule has 0 spiro atoms. The smallest absolute Gasteiger partial charge is 0.274 e. The van der Waals surface area contributed by atoms with E-state index in [1.165, 1.54) is 29.1 Å². The molecule has 0 unspecified atom stereocenters. The molecule has 0 aliphatic carbocycles. The van der Waals surface area contributed by atoms with E-state index in [-0.39, 0.29) is 32.8 Å². The van der Waals surface area contributed by atoms with Crippen molar-refractivity contribution < 1.29 is 9.59 Å². The number of halogens is 4. The van der Waals surface area contributed by atoms with Crippen molar-refractivity contribution in [3.63, 3.8) is 0 Å². The zero-order valence-electron chi connectivity index (χ0n) is 16.6. The lowest BCUT2D eigenvalue weighted by atomic mass is 10.1.